The number of halogens is 2. The van der Waals surface area contributed by atoms with E-state index in [1.165, 1.54) is 0 Å². The minimum absolute atomic E-state index is 0.630. The predicted octanol–water partition coefficient (Wildman–Crippen LogP) is 8.96. The molecule has 5 aliphatic rings. The van der Waals surface area contributed by atoms with E-state index in [1.54, 1.807) is 0 Å². The van der Waals surface area contributed by atoms with Gasteiger partial charge in [-0.1, -0.05) is 56.1 Å². The Morgan fingerprint density at radius 2 is 1.02 bits per heavy atom. The van der Waals surface area contributed by atoms with Gasteiger partial charge in [-0.15, -0.1) is 0 Å². The molecule has 8 heteroatoms. The van der Waals surface area contributed by atoms with Crippen LogP contribution >= 0.6 is 31.9 Å². The number of benzene rings is 2. The van der Waals surface area contributed by atoms with Crippen molar-refractivity contribution in [3.8, 4) is 11.5 Å². The van der Waals surface area contributed by atoms with Crippen LogP contribution in [-0.4, -0.2) is 46.7 Å². The molecule has 2 aromatic rings. The quantitative estimate of drug-likeness (QED) is 0.181. The summed E-state index contributed by atoms with van der Waals surface area (Å²) in [7, 11) is 0. The van der Waals surface area contributed by atoms with Crippen molar-refractivity contribution in [2.75, 3.05) is 23.9 Å². The van der Waals surface area contributed by atoms with Crippen molar-refractivity contribution in [1.29, 1.82) is 0 Å². The van der Waals surface area contributed by atoms with Crippen molar-refractivity contribution in [2.24, 2.45) is 20.0 Å². The minimum Gasteiger partial charge on any atom is -0.494 e. The van der Waals surface area contributed by atoms with E-state index in [9.17, 15) is 0 Å². The van der Waals surface area contributed by atoms with E-state index >= 15 is 0 Å². The normalized spacial score (nSPS) is 17.7. The fourth-order valence-electron chi connectivity index (χ4n) is 5.51. The number of allylic oxidation sites excluding steroid dienone is 12. The van der Waals surface area contributed by atoms with Crippen molar-refractivity contribution in [1.82, 2.24) is 0 Å². The Morgan fingerprint density at radius 3 is 1.57 bits per heavy atom. The van der Waals surface area contributed by atoms with Crippen LogP contribution in [0.2, 0.25) is 0 Å². The zero-order valence-corrected chi connectivity index (χ0v) is 28.2. The summed E-state index contributed by atoms with van der Waals surface area (Å²) in [6.07, 6.45) is 22.0. The predicted molar refractivity (Wildman–Crippen MR) is 197 cm³/mol. The zero-order valence-electron chi connectivity index (χ0n) is 25.0. The van der Waals surface area contributed by atoms with E-state index in [1.807, 2.05) is 72.9 Å². The summed E-state index contributed by atoms with van der Waals surface area (Å²) in [6.45, 7) is 1.26. The molecule has 5 aliphatic heterocycles. The zero-order chi connectivity index (χ0) is 31.3. The van der Waals surface area contributed by atoms with Crippen LogP contribution in [0, 0.1) is 0 Å². The highest BCUT2D eigenvalue weighted by molar-refractivity contribution is 9.09. The molecule has 0 saturated heterocycles. The number of nitrogens with zero attached hydrogens (tertiary/aromatic N) is 4. The molecule has 0 amide bonds. The molecule has 8 bridgehead atoms. The number of alkyl halides is 2. The molecule has 6 nitrogen and oxygen atoms in total. The standard InChI is InChI=1S/C38H30Br2N4O2/c39-15-3-17-45-33-7-1-5-25(19-33)37-35-23-31-13-11-29(42-31)21-27-9-10-28(41-27)22-30-12-14-32(43-30)24-36(44-35)38(37)26-6-2-8-34(20-26)46-18-4-16-40/h1-2,5-14,19-24H,3-4,15-18H2. The number of fused-ring (bicyclic) bond motifs is 4. The molecule has 0 aliphatic carbocycles. The van der Waals surface area contributed by atoms with E-state index in [0.717, 1.165) is 103 Å². The highest BCUT2D eigenvalue weighted by atomic mass is 79.9. The van der Waals surface area contributed by atoms with Crippen LogP contribution in [0.4, 0.5) is 0 Å². The molecule has 0 radical (unpaired) electrons. The number of ether oxygens (including phenoxy) is 2. The van der Waals surface area contributed by atoms with Gasteiger partial charge in [0.1, 0.15) is 11.5 Å². The van der Waals surface area contributed by atoms with Crippen molar-refractivity contribution in [2.45, 2.75) is 12.8 Å². The van der Waals surface area contributed by atoms with Gasteiger partial charge >= 0.3 is 0 Å². The summed E-state index contributed by atoms with van der Waals surface area (Å²) in [5, 5.41) is 1.78. The summed E-state index contributed by atoms with van der Waals surface area (Å²) in [6, 6.07) is 16.5. The van der Waals surface area contributed by atoms with Crippen molar-refractivity contribution >= 4 is 65.9 Å². The lowest BCUT2D eigenvalue weighted by atomic mass is 9.91. The largest absolute Gasteiger partial charge is 0.494 e. The molecular formula is C38H30Br2N4O2. The van der Waals surface area contributed by atoms with Gasteiger partial charge in [0, 0.05) is 21.8 Å². The van der Waals surface area contributed by atoms with Gasteiger partial charge in [0.2, 0.25) is 0 Å². The summed E-state index contributed by atoms with van der Waals surface area (Å²) >= 11 is 7.00. The lowest BCUT2D eigenvalue weighted by molar-refractivity contribution is 0.319. The van der Waals surface area contributed by atoms with Gasteiger partial charge in [0.25, 0.3) is 0 Å². The van der Waals surface area contributed by atoms with Crippen LogP contribution in [0.3, 0.4) is 0 Å². The Labute approximate surface area is 285 Å². The Morgan fingerprint density at radius 1 is 0.522 bits per heavy atom. The molecule has 0 spiro atoms. The Bertz CT molecular complexity index is 1960. The molecule has 0 atom stereocenters. The molecule has 7 rings (SSSR count). The second-order valence-corrected chi connectivity index (χ2v) is 12.5. The Hall–Kier alpha value is -4.40. The van der Waals surface area contributed by atoms with E-state index in [-0.39, 0.29) is 0 Å². The van der Waals surface area contributed by atoms with Crippen LogP contribution < -0.4 is 9.47 Å². The summed E-state index contributed by atoms with van der Waals surface area (Å²) < 4.78 is 12.2. The monoisotopic (exact) mass is 732 g/mol. The number of hydrogen-bond acceptors (Lipinski definition) is 6. The van der Waals surface area contributed by atoms with Gasteiger partial charge in [-0.25, -0.2) is 20.0 Å². The van der Waals surface area contributed by atoms with Crippen LogP contribution in [0.1, 0.15) is 24.0 Å². The first-order valence-electron chi connectivity index (χ1n) is 15.2. The number of aliphatic imine (C=N–C) groups is 4. The summed E-state index contributed by atoms with van der Waals surface area (Å²) in [5.41, 5.74) is 10.6. The third kappa shape index (κ3) is 6.88. The minimum atomic E-state index is 0.630. The molecule has 0 fully saturated rings. The smallest absolute Gasteiger partial charge is 0.119 e. The Balaban J connectivity index is 1.42. The van der Waals surface area contributed by atoms with Crippen LogP contribution in [-0.2, 0) is 0 Å². The van der Waals surface area contributed by atoms with E-state index in [4.69, 9.17) is 29.4 Å². The SMILES string of the molecule is BrCCCOc1cccc(C2=C(c3cccc(OCCCBr)c3)C3=NC2=CC2=NC(=CC4=NC(=CC5=NC(=C3)C=C5)C=C4)C=C2)c1. The maximum absolute atomic E-state index is 6.12. The van der Waals surface area contributed by atoms with Crippen LogP contribution in [0.25, 0.3) is 11.1 Å². The molecule has 2 aromatic carbocycles. The molecule has 0 N–H and O–H groups in total. The Kier molecular flexibility index (Phi) is 9.17. The van der Waals surface area contributed by atoms with E-state index in [2.05, 4.69) is 68.3 Å². The lowest BCUT2D eigenvalue weighted by Gasteiger charge is -2.14. The van der Waals surface area contributed by atoms with Crippen molar-refractivity contribution in [3.05, 3.63) is 143 Å². The highest BCUT2D eigenvalue weighted by Gasteiger charge is 2.27. The van der Waals surface area contributed by atoms with E-state index < -0.39 is 0 Å². The maximum atomic E-state index is 6.12. The topological polar surface area (TPSA) is 67.9 Å². The van der Waals surface area contributed by atoms with Gasteiger partial charge < -0.3 is 9.47 Å². The molecular weight excluding hydrogens is 704 g/mol. The third-order valence-corrected chi connectivity index (χ3v) is 8.67. The van der Waals surface area contributed by atoms with Gasteiger partial charge in [0.05, 0.1) is 58.8 Å². The summed E-state index contributed by atoms with van der Waals surface area (Å²) in [5.74, 6) is 1.63. The first-order chi connectivity index (χ1) is 22.6. The number of hydrogen-bond donors (Lipinski definition) is 0. The fourth-order valence-corrected chi connectivity index (χ4v) is 5.97. The van der Waals surface area contributed by atoms with Crippen LogP contribution in [0.15, 0.2) is 152 Å². The second kappa shape index (κ2) is 13.9. The van der Waals surface area contributed by atoms with Gasteiger partial charge in [0.15, 0.2) is 0 Å². The maximum Gasteiger partial charge on any atom is 0.119 e. The molecule has 0 saturated carbocycles. The molecule has 228 valence electrons. The first-order valence-corrected chi connectivity index (χ1v) is 17.5. The van der Waals surface area contributed by atoms with Crippen molar-refractivity contribution in [3.63, 3.8) is 0 Å². The molecule has 46 heavy (non-hydrogen) atoms. The molecule has 5 heterocycles. The van der Waals surface area contributed by atoms with Crippen molar-refractivity contribution < 1.29 is 9.47 Å². The van der Waals surface area contributed by atoms with Gasteiger partial charge in [-0.05, 0) is 109 Å². The van der Waals surface area contributed by atoms with Gasteiger partial charge in [-0.2, -0.15) is 0 Å². The first kappa shape index (κ1) is 30.3. The lowest BCUT2D eigenvalue weighted by Crippen LogP contribution is -2.02. The van der Waals surface area contributed by atoms with Crippen LogP contribution in [0.5, 0.6) is 11.5 Å². The second-order valence-electron chi connectivity index (χ2n) is 10.9. The summed E-state index contributed by atoms with van der Waals surface area (Å²) in [4.78, 5) is 19.8. The average molecular weight is 734 g/mol. The number of rotatable bonds is 10. The van der Waals surface area contributed by atoms with Gasteiger partial charge in [-0.3, -0.25) is 0 Å². The van der Waals surface area contributed by atoms with E-state index in [0.29, 0.717) is 13.2 Å². The molecule has 0 unspecified atom stereocenters. The average Bonchev–Trinajstić information content (AvgIpc) is 3.87. The molecule has 0 aromatic heterocycles. The highest BCUT2D eigenvalue weighted by Crippen LogP contribution is 2.42. The third-order valence-electron chi connectivity index (χ3n) is 7.55. The fraction of sp³-hybridized carbons (Fsp3) is 0.158.